The first-order valence-electron chi connectivity index (χ1n) is 9.55. The van der Waals surface area contributed by atoms with E-state index in [1.807, 2.05) is 34.0 Å². The van der Waals surface area contributed by atoms with E-state index in [4.69, 9.17) is 4.74 Å². The molecule has 2 aromatic rings. The Labute approximate surface area is 159 Å². The van der Waals surface area contributed by atoms with Crippen molar-refractivity contribution in [2.24, 2.45) is 0 Å². The number of methoxy groups -OCH3 is 1. The van der Waals surface area contributed by atoms with Gasteiger partial charge in [-0.05, 0) is 31.5 Å². The summed E-state index contributed by atoms with van der Waals surface area (Å²) < 4.78 is 7.21. The van der Waals surface area contributed by atoms with Crippen molar-refractivity contribution < 1.29 is 9.53 Å². The lowest BCUT2D eigenvalue weighted by Gasteiger charge is -2.35. The molecular weight excluding hydrogens is 344 g/mol. The largest absolute Gasteiger partial charge is 0.497 e. The topological polar surface area (TPSA) is 75.5 Å². The molecule has 2 saturated heterocycles. The first kappa shape index (κ1) is 17.8. The average Bonchev–Trinajstić information content (AvgIpc) is 3.24. The van der Waals surface area contributed by atoms with E-state index in [0.717, 1.165) is 50.6 Å². The maximum Gasteiger partial charge on any atom is 0.274 e. The molecule has 1 unspecified atom stereocenters. The summed E-state index contributed by atoms with van der Waals surface area (Å²) in [6.07, 6.45) is 5.93. The number of pyridine rings is 1. The monoisotopic (exact) mass is 370 g/mol. The summed E-state index contributed by atoms with van der Waals surface area (Å²) in [4.78, 5) is 21.3. The van der Waals surface area contributed by atoms with Gasteiger partial charge in [0.25, 0.3) is 5.91 Å². The van der Waals surface area contributed by atoms with Gasteiger partial charge in [0.1, 0.15) is 17.3 Å². The number of carbonyl (C=O) groups excluding carboxylic acids is 1. The number of hydrogen-bond acceptors (Lipinski definition) is 6. The van der Waals surface area contributed by atoms with Crippen LogP contribution in [0.2, 0.25) is 0 Å². The van der Waals surface area contributed by atoms with Crippen LogP contribution in [0.3, 0.4) is 0 Å². The van der Waals surface area contributed by atoms with E-state index in [1.165, 1.54) is 0 Å². The number of carbonyl (C=O) groups is 1. The van der Waals surface area contributed by atoms with Gasteiger partial charge in [-0.1, -0.05) is 0 Å². The lowest BCUT2D eigenvalue weighted by Crippen LogP contribution is -2.49. The Hall–Kier alpha value is -2.61. The summed E-state index contributed by atoms with van der Waals surface area (Å²) in [6.45, 7) is 4.81. The van der Waals surface area contributed by atoms with Crippen molar-refractivity contribution in [3.8, 4) is 5.75 Å². The summed E-state index contributed by atoms with van der Waals surface area (Å²) in [5.74, 6) is 1.69. The third-order valence-corrected chi connectivity index (χ3v) is 5.32. The van der Waals surface area contributed by atoms with Crippen molar-refractivity contribution in [2.45, 2.75) is 18.9 Å². The average molecular weight is 370 g/mol. The number of piperazine rings is 1. The van der Waals surface area contributed by atoms with Crippen LogP contribution >= 0.6 is 0 Å². The third kappa shape index (κ3) is 3.90. The number of anilines is 1. The number of piperidine rings is 1. The van der Waals surface area contributed by atoms with Crippen molar-refractivity contribution in [1.82, 2.24) is 25.0 Å². The minimum absolute atomic E-state index is 0.00997. The summed E-state index contributed by atoms with van der Waals surface area (Å²) in [5.41, 5.74) is 0.536. The fraction of sp³-hybridized carbons (Fsp3) is 0.526. The smallest absolute Gasteiger partial charge is 0.274 e. The van der Waals surface area contributed by atoms with Gasteiger partial charge in [0.15, 0.2) is 0 Å². The number of aromatic nitrogens is 3. The molecule has 8 nitrogen and oxygen atoms in total. The van der Waals surface area contributed by atoms with Gasteiger partial charge in [0.2, 0.25) is 0 Å². The highest BCUT2D eigenvalue weighted by Gasteiger charge is 2.25. The van der Waals surface area contributed by atoms with Gasteiger partial charge in [0.05, 0.1) is 13.2 Å². The van der Waals surface area contributed by atoms with Gasteiger partial charge in [-0.3, -0.25) is 9.48 Å². The zero-order valence-corrected chi connectivity index (χ0v) is 15.7. The third-order valence-electron chi connectivity index (χ3n) is 5.32. The second-order valence-electron chi connectivity index (χ2n) is 7.01. The van der Waals surface area contributed by atoms with Crippen LogP contribution in [0.15, 0.2) is 30.6 Å². The number of ether oxygens (including phenoxy) is 1. The number of nitrogens with zero attached hydrogens (tertiary/aromatic N) is 5. The van der Waals surface area contributed by atoms with Crippen molar-refractivity contribution in [1.29, 1.82) is 0 Å². The second-order valence-corrected chi connectivity index (χ2v) is 7.01. The highest BCUT2D eigenvalue weighted by atomic mass is 16.5. The lowest BCUT2D eigenvalue weighted by molar-refractivity contribution is 0.0739. The van der Waals surface area contributed by atoms with Crippen LogP contribution in [0.5, 0.6) is 5.75 Å². The second kappa shape index (κ2) is 7.96. The zero-order valence-electron chi connectivity index (χ0n) is 15.7. The van der Waals surface area contributed by atoms with E-state index < -0.39 is 0 Å². The van der Waals surface area contributed by atoms with E-state index in [0.29, 0.717) is 24.8 Å². The van der Waals surface area contributed by atoms with Gasteiger partial charge in [-0.2, -0.15) is 5.10 Å². The highest BCUT2D eigenvalue weighted by molar-refractivity contribution is 5.92. The molecule has 8 heteroatoms. The van der Waals surface area contributed by atoms with Crippen LogP contribution in [0.4, 0.5) is 5.82 Å². The fourth-order valence-electron chi connectivity index (χ4n) is 3.71. The van der Waals surface area contributed by atoms with Crippen molar-refractivity contribution in [2.75, 3.05) is 51.3 Å². The van der Waals surface area contributed by atoms with Crippen LogP contribution < -0.4 is 15.0 Å². The van der Waals surface area contributed by atoms with Gasteiger partial charge in [-0.15, -0.1) is 0 Å². The van der Waals surface area contributed by atoms with Gasteiger partial charge >= 0.3 is 0 Å². The maximum atomic E-state index is 12.8. The summed E-state index contributed by atoms with van der Waals surface area (Å²) in [7, 11) is 1.65. The van der Waals surface area contributed by atoms with Gasteiger partial charge < -0.3 is 19.9 Å². The number of amides is 1. The predicted molar refractivity (Wildman–Crippen MR) is 102 cm³/mol. The highest BCUT2D eigenvalue weighted by Crippen LogP contribution is 2.20. The zero-order chi connectivity index (χ0) is 18.6. The molecule has 0 aliphatic carbocycles. The van der Waals surface area contributed by atoms with Crippen molar-refractivity contribution in [3.63, 3.8) is 0 Å². The molecule has 0 radical (unpaired) electrons. The summed E-state index contributed by atoms with van der Waals surface area (Å²) in [6, 6.07) is 5.95. The first-order valence-corrected chi connectivity index (χ1v) is 9.55. The van der Waals surface area contributed by atoms with E-state index in [-0.39, 0.29) is 5.91 Å². The predicted octanol–water partition coefficient (Wildman–Crippen LogP) is 1.17. The molecule has 2 aliphatic heterocycles. The molecule has 2 fully saturated rings. The first-order chi connectivity index (χ1) is 13.2. The molecule has 2 aliphatic rings. The molecular formula is C19H26N6O2. The SMILES string of the molecule is COc1ccnc(N2CCN(C(=O)c3ccn(C4CCCNC4)n3)CC2)c1. The van der Waals surface area contributed by atoms with Crippen molar-refractivity contribution in [3.05, 3.63) is 36.3 Å². The van der Waals surface area contributed by atoms with E-state index in [9.17, 15) is 4.79 Å². The Morgan fingerprint density at radius 2 is 2.11 bits per heavy atom. The molecule has 0 saturated carbocycles. The quantitative estimate of drug-likeness (QED) is 0.871. The Bertz CT molecular complexity index is 778. The Morgan fingerprint density at radius 3 is 2.85 bits per heavy atom. The van der Waals surface area contributed by atoms with E-state index >= 15 is 0 Å². The lowest BCUT2D eigenvalue weighted by atomic mass is 10.1. The molecule has 1 atom stereocenters. The number of nitrogens with one attached hydrogen (secondary N) is 1. The fourth-order valence-corrected chi connectivity index (χ4v) is 3.71. The Balaban J connectivity index is 1.36. The van der Waals surface area contributed by atoms with Crippen LogP contribution in [-0.4, -0.2) is 71.9 Å². The van der Waals surface area contributed by atoms with Crippen LogP contribution in [-0.2, 0) is 0 Å². The molecule has 1 N–H and O–H groups in total. The molecule has 0 aromatic carbocycles. The minimum atomic E-state index is 0.00997. The molecule has 144 valence electrons. The number of hydrogen-bond donors (Lipinski definition) is 1. The summed E-state index contributed by atoms with van der Waals surface area (Å²) >= 11 is 0. The van der Waals surface area contributed by atoms with Gasteiger partial charge in [0, 0.05) is 51.2 Å². The standard InChI is InChI=1S/C19H26N6O2/c1-27-16-4-7-21-18(13-16)23-9-11-24(12-10-23)19(26)17-5-8-25(22-17)15-3-2-6-20-14-15/h4-5,7-8,13,15,20H,2-3,6,9-12,14H2,1H3. The summed E-state index contributed by atoms with van der Waals surface area (Å²) in [5, 5.41) is 7.94. The molecule has 4 heterocycles. The Kier molecular flexibility index (Phi) is 5.24. The van der Waals surface area contributed by atoms with Crippen LogP contribution in [0, 0.1) is 0 Å². The maximum absolute atomic E-state index is 12.8. The molecule has 4 rings (SSSR count). The normalized spacial score (nSPS) is 20.6. The van der Waals surface area contributed by atoms with Crippen LogP contribution in [0.1, 0.15) is 29.4 Å². The van der Waals surface area contributed by atoms with E-state index in [2.05, 4.69) is 20.3 Å². The molecule has 2 aromatic heterocycles. The molecule has 27 heavy (non-hydrogen) atoms. The van der Waals surface area contributed by atoms with Crippen LogP contribution in [0.25, 0.3) is 0 Å². The minimum Gasteiger partial charge on any atom is -0.497 e. The number of rotatable bonds is 4. The molecule has 0 bridgehead atoms. The molecule has 1 amide bonds. The Morgan fingerprint density at radius 1 is 1.26 bits per heavy atom. The molecule has 0 spiro atoms. The van der Waals surface area contributed by atoms with Crippen molar-refractivity contribution >= 4 is 11.7 Å². The van der Waals surface area contributed by atoms with Gasteiger partial charge in [-0.25, -0.2) is 4.98 Å². The van der Waals surface area contributed by atoms with E-state index in [1.54, 1.807) is 13.3 Å².